The molecular weight excluding hydrogens is 431 g/mol. The summed E-state index contributed by atoms with van der Waals surface area (Å²) in [7, 11) is 0. The molecule has 0 saturated carbocycles. The third-order valence-electron chi connectivity index (χ3n) is 4.44. The van der Waals surface area contributed by atoms with Gasteiger partial charge in [-0.15, -0.1) is 11.8 Å². The predicted molar refractivity (Wildman–Crippen MR) is 110 cm³/mol. The van der Waals surface area contributed by atoms with Crippen molar-refractivity contribution in [1.82, 2.24) is 15.0 Å². The van der Waals surface area contributed by atoms with Crippen LogP contribution in [0.25, 0.3) is 5.69 Å². The molecule has 0 radical (unpaired) electrons. The Kier molecular flexibility index (Phi) is 6.89. The van der Waals surface area contributed by atoms with E-state index < -0.39 is 24.3 Å². The highest BCUT2D eigenvalue weighted by Crippen LogP contribution is 2.31. The third-order valence-corrected chi connectivity index (χ3v) is 5.45. The molecule has 1 heterocycles. The minimum Gasteiger partial charge on any atom is -0.482 e. The molecule has 0 bridgehead atoms. The lowest BCUT2D eigenvalue weighted by Gasteiger charge is -2.10. The first kappa shape index (κ1) is 22.7. The van der Waals surface area contributed by atoms with Crippen molar-refractivity contribution in [2.75, 3.05) is 6.61 Å². The van der Waals surface area contributed by atoms with Gasteiger partial charge in [0.2, 0.25) is 0 Å². The number of aromatic nitrogens is 3. The second-order valence-electron chi connectivity index (χ2n) is 6.66. The van der Waals surface area contributed by atoms with Gasteiger partial charge in [-0.05, 0) is 61.4 Å². The zero-order chi connectivity index (χ0) is 22.6. The Hall–Kier alpha value is -3.01. The summed E-state index contributed by atoms with van der Waals surface area (Å²) in [5.74, 6) is 0.0242. The number of rotatable bonds is 8. The van der Waals surface area contributed by atoms with Gasteiger partial charge in [-0.25, -0.2) is 4.79 Å². The van der Waals surface area contributed by atoms with Crippen molar-refractivity contribution in [2.24, 2.45) is 0 Å². The number of carboxylic acid groups (broad SMARTS) is 1. The highest BCUT2D eigenvalue weighted by molar-refractivity contribution is 7.98. The lowest BCUT2D eigenvalue weighted by Crippen LogP contribution is -2.10. The molecule has 10 heteroatoms. The number of carboxylic acids is 1. The lowest BCUT2D eigenvalue weighted by atomic mass is 10.1. The van der Waals surface area contributed by atoms with Gasteiger partial charge < -0.3 is 9.84 Å². The largest absolute Gasteiger partial charge is 0.482 e. The molecule has 1 aromatic heterocycles. The number of carbonyl (C=O) groups is 1. The minimum atomic E-state index is -4.39. The van der Waals surface area contributed by atoms with Gasteiger partial charge in [0.05, 0.1) is 22.6 Å². The highest BCUT2D eigenvalue weighted by atomic mass is 32.2. The molecule has 0 aliphatic rings. The summed E-state index contributed by atoms with van der Waals surface area (Å²) in [4.78, 5) is 13.0. The number of aryl methyl sites for hydroxylation is 2. The van der Waals surface area contributed by atoms with Gasteiger partial charge in [0.1, 0.15) is 5.75 Å². The van der Waals surface area contributed by atoms with E-state index in [4.69, 9.17) is 9.84 Å². The number of alkyl halides is 3. The van der Waals surface area contributed by atoms with E-state index in [9.17, 15) is 18.0 Å². The maximum Gasteiger partial charge on any atom is 0.416 e. The first-order valence-corrected chi connectivity index (χ1v) is 10.4. The van der Waals surface area contributed by atoms with Crippen molar-refractivity contribution in [3.05, 3.63) is 65.0 Å². The smallest absolute Gasteiger partial charge is 0.416 e. The number of hydrogen-bond acceptors (Lipinski definition) is 5. The van der Waals surface area contributed by atoms with Crippen molar-refractivity contribution < 1.29 is 27.8 Å². The number of halogens is 3. The van der Waals surface area contributed by atoms with Gasteiger partial charge in [-0.2, -0.15) is 28.2 Å². The molecule has 164 valence electrons. The van der Waals surface area contributed by atoms with Crippen LogP contribution in [0.4, 0.5) is 13.2 Å². The Balaban J connectivity index is 1.70. The number of hydrogen-bond donors (Lipinski definition) is 1. The zero-order valence-electron chi connectivity index (χ0n) is 16.8. The quantitative estimate of drug-likeness (QED) is 0.490. The average molecular weight is 451 g/mol. The van der Waals surface area contributed by atoms with E-state index in [0.29, 0.717) is 35.0 Å². The molecule has 0 unspecified atom stereocenters. The van der Waals surface area contributed by atoms with Crippen LogP contribution in [0.5, 0.6) is 5.75 Å². The summed E-state index contributed by atoms with van der Waals surface area (Å²) in [6, 6.07) is 10.2. The Morgan fingerprint density at radius 3 is 2.48 bits per heavy atom. The molecule has 0 atom stereocenters. The normalized spacial score (nSPS) is 11.5. The third kappa shape index (κ3) is 5.78. The van der Waals surface area contributed by atoms with E-state index in [2.05, 4.69) is 10.2 Å². The van der Waals surface area contributed by atoms with E-state index in [1.807, 2.05) is 19.1 Å². The number of benzene rings is 2. The summed E-state index contributed by atoms with van der Waals surface area (Å²) in [5, 5.41) is 17.5. The number of ether oxygens (including phenoxy) is 1. The Morgan fingerprint density at radius 2 is 1.87 bits per heavy atom. The highest BCUT2D eigenvalue weighted by Gasteiger charge is 2.30. The van der Waals surface area contributed by atoms with Crippen molar-refractivity contribution in [1.29, 1.82) is 0 Å². The molecule has 0 amide bonds. The molecule has 0 aliphatic heterocycles. The summed E-state index contributed by atoms with van der Waals surface area (Å²) in [5.41, 5.74) is 2.02. The Labute approximate surface area is 181 Å². The van der Waals surface area contributed by atoms with Crippen molar-refractivity contribution >= 4 is 17.7 Å². The molecule has 0 saturated heterocycles. The van der Waals surface area contributed by atoms with Gasteiger partial charge in [-0.1, -0.05) is 6.92 Å². The Bertz CT molecular complexity index is 1070. The number of aliphatic carboxylic acids is 1. The molecule has 0 aliphatic carbocycles. The van der Waals surface area contributed by atoms with Gasteiger partial charge >= 0.3 is 12.1 Å². The summed E-state index contributed by atoms with van der Waals surface area (Å²) in [6.07, 6.45) is -3.70. The van der Waals surface area contributed by atoms with Crippen LogP contribution in [0.3, 0.4) is 0 Å². The van der Waals surface area contributed by atoms with Crippen LogP contribution >= 0.6 is 11.8 Å². The molecular formula is C21H20F3N3O3S. The summed E-state index contributed by atoms with van der Waals surface area (Å²) < 4.78 is 43.5. The van der Waals surface area contributed by atoms with Gasteiger partial charge in [-0.3, -0.25) is 0 Å². The standard InChI is InChI=1S/C21H20F3N3O3S/c1-3-14-10-17(8-9-19(14)30-11-20(28)29)31-12-18-13(2)25-27(26-18)16-6-4-15(5-7-16)21(22,23)24/h4-10H,3,11-12H2,1-2H3,(H,28,29). The zero-order valence-corrected chi connectivity index (χ0v) is 17.6. The predicted octanol–water partition coefficient (Wildman–Crippen LogP) is 4.91. The van der Waals surface area contributed by atoms with E-state index in [1.165, 1.54) is 28.7 Å². The minimum absolute atomic E-state index is 0.397. The molecule has 0 spiro atoms. The van der Waals surface area contributed by atoms with Crippen molar-refractivity contribution in [2.45, 2.75) is 37.1 Å². The summed E-state index contributed by atoms with van der Waals surface area (Å²) in [6.45, 7) is 3.35. The fourth-order valence-electron chi connectivity index (χ4n) is 2.80. The van der Waals surface area contributed by atoms with E-state index in [1.54, 1.807) is 13.0 Å². The van der Waals surface area contributed by atoms with Crippen LogP contribution in [0.1, 0.15) is 29.4 Å². The van der Waals surface area contributed by atoms with E-state index in [0.717, 1.165) is 22.6 Å². The second-order valence-corrected chi connectivity index (χ2v) is 7.71. The SMILES string of the molecule is CCc1cc(SCc2nn(-c3ccc(C(F)(F)F)cc3)nc2C)ccc1OCC(=O)O. The summed E-state index contributed by atoms with van der Waals surface area (Å²) >= 11 is 1.53. The molecule has 31 heavy (non-hydrogen) atoms. The van der Waals surface area contributed by atoms with Crippen LogP contribution < -0.4 is 4.74 Å². The second kappa shape index (κ2) is 9.42. The maximum absolute atomic E-state index is 12.7. The Morgan fingerprint density at radius 1 is 1.16 bits per heavy atom. The fourth-order valence-corrected chi connectivity index (χ4v) is 3.76. The fraction of sp³-hybridized carbons (Fsp3) is 0.286. The van der Waals surface area contributed by atoms with Gasteiger partial charge in [0.15, 0.2) is 6.61 Å². The first-order valence-electron chi connectivity index (χ1n) is 9.38. The van der Waals surface area contributed by atoms with Crippen molar-refractivity contribution in [3.8, 4) is 11.4 Å². The topological polar surface area (TPSA) is 77.2 Å². The average Bonchev–Trinajstić information content (AvgIpc) is 3.11. The maximum atomic E-state index is 12.7. The molecule has 0 fully saturated rings. The molecule has 3 aromatic rings. The first-order chi connectivity index (χ1) is 14.7. The van der Waals surface area contributed by atoms with Gasteiger partial charge in [0.25, 0.3) is 0 Å². The molecule has 3 rings (SSSR count). The van der Waals surface area contributed by atoms with Gasteiger partial charge in [0, 0.05) is 10.6 Å². The van der Waals surface area contributed by atoms with Crippen LogP contribution in [0.15, 0.2) is 47.4 Å². The van der Waals surface area contributed by atoms with E-state index in [-0.39, 0.29) is 0 Å². The monoisotopic (exact) mass is 451 g/mol. The van der Waals surface area contributed by atoms with Crippen molar-refractivity contribution in [3.63, 3.8) is 0 Å². The number of thioether (sulfide) groups is 1. The van der Waals surface area contributed by atoms with E-state index >= 15 is 0 Å². The molecule has 6 nitrogen and oxygen atoms in total. The van der Waals surface area contributed by atoms with Crippen LogP contribution in [0, 0.1) is 6.92 Å². The molecule has 1 N–H and O–H groups in total. The lowest BCUT2D eigenvalue weighted by molar-refractivity contribution is -0.139. The van der Waals surface area contributed by atoms with Crippen LogP contribution in [-0.2, 0) is 23.1 Å². The number of nitrogens with zero attached hydrogens (tertiary/aromatic N) is 3. The van der Waals surface area contributed by atoms with Crippen LogP contribution in [0.2, 0.25) is 0 Å². The van der Waals surface area contributed by atoms with Crippen LogP contribution in [-0.4, -0.2) is 32.7 Å². The molecule has 2 aromatic carbocycles.